The molecule has 0 aromatic heterocycles. The maximum Gasteiger partial charge on any atom is 0.0790 e. The first kappa shape index (κ1) is 24.7. The van der Waals surface area contributed by atoms with Crippen LogP contribution < -0.4 is 5.32 Å². The number of aliphatic hydroxyl groups is 2. The van der Waals surface area contributed by atoms with Crippen molar-refractivity contribution in [3.63, 3.8) is 0 Å². The van der Waals surface area contributed by atoms with E-state index in [0.717, 1.165) is 53.7 Å². The SMILES string of the molecule is Cc1ccc(C(O)CCCCc2ccc(Nc3ccc(C)c(-c4ccccc4)c3)cc2)cc1CO. The van der Waals surface area contributed by atoms with Gasteiger partial charge in [-0.15, -0.1) is 0 Å². The standard InChI is InChI=1S/C32H35NO2/c1-23-12-16-27(20-28(23)22-34)32(35)11-7-6-8-25-14-18-29(19-15-25)33-30-17-13-24(2)31(21-30)26-9-4-3-5-10-26/h3-5,9-10,12-21,32-35H,6-8,11,22H2,1-2H3. The molecular formula is C32H35NO2. The summed E-state index contributed by atoms with van der Waals surface area (Å²) in [5.74, 6) is 0. The molecule has 0 aliphatic heterocycles. The lowest BCUT2D eigenvalue weighted by Gasteiger charge is -2.13. The maximum atomic E-state index is 10.5. The number of unbranched alkanes of at least 4 members (excludes halogenated alkanes) is 1. The van der Waals surface area contributed by atoms with Crippen molar-refractivity contribution in [2.45, 2.75) is 52.2 Å². The fourth-order valence-electron chi connectivity index (χ4n) is 4.45. The molecule has 4 aromatic carbocycles. The molecule has 1 unspecified atom stereocenters. The fourth-order valence-corrected chi connectivity index (χ4v) is 4.45. The molecule has 0 saturated carbocycles. The van der Waals surface area contributed by atoms with Crippen LogP contribution in [0.15, 0.2) is 91.0 Å². The Kier molecular flexibility index (Phi) is 8.36. The van der Waals surface area contributed by atoms with Gasteiger partial charge in [-0.05, 0) is 96.3 Å². The van der Waals surface area contributed by atoms with Crippen LogP contribution in [0, 0.1) is 13.8 Å². The fraction of sp³-hybridized carbons (Fsp3) is 0.250. The highest BCUT2D eigenvalue weighted by atomic mass is 16.3. The van der Waals surface area contributed by atoms with Gasteiger partial charge in [-0.1, -0.05) is 73.2 Å². The van der Waals surface area contributed by atoms with Crippen molar-refractivity contribution in [1.29, 1.82) is 0 Å². The van der Waals surface area contributed by atoms with Gasteiger partial charge in [0.15, 0.2) is 0 Å². The van der Waals surface area contributed by atoms with Gasteiger partial charge in [0.1, 0.15) is 0 Å². The third-order valence-electron chi connectivity index (χ3n) is 6.69. The van der Waals surface area contributed by atoms with E-state index in [1.54, 1.807) is 0 Å². The van der Waals surface area contributed by atoms with Gasteiger partial charge >= 0.3 is 0 Å². The Labute approximate surface area is 209 Å². The van der Waals surface area contributed by atoms with Gasteiger partial charge in [-0.3, -0.25) is 0 Å². The Hall–Kier alpha value is -3.40. The minimum absolute atomic E-state index is 0.00927. The lowest BCUT2D eigenvalue weighted by molar-refractivity contribution is 0.163. The summed E-state index contributed by atoms with van der Waals surface area (Å²) in [5.41, 5.74) is 10.0. The topological polar surface area (TPSA) is 52.5 Å². The lowest BCUT2D eigenvalue weighted by atomic mass is 9.98. The molecule has 0 bridgehead atoms. The molecule has 0 heterocycles. The summed E-state index contributed by atoms with van der Waals surface area (Å²) in [5, 5.41) is 23.5. The third-order valence-corrected chi connectivity index (χ3v) is 6.69. The molecule has 3 heteroatoms. The Morgan fingerprint density at radius 1 is 0.743 bits per heavy atom. The zero-order valence-corrected chi connectivity index (χ0v) is 20.7. The van der Waals surface area contributed by atoms with Gasteiger partial charge in [-0.25, -0.2) is 0 Å². The summed E-state index contributed by atoms with van der Waals surface area (Å²) in [4.78, 5) is 0. The Morgan fingerprint density at radius 2 is 1.46 bits per heavy atom. The first-order chi connectivity index (χ1) is 17.0. The molecule has 0 amide bonds. The molecular weight excluding hydrogens is 430 g/mol. The van der Waals surface area contributed by atoms with E-state index in [9.17, 15) is 10.2 Å². The van der Waals surface area contributed by atoms with Crippen LogP contribution in [0.4, 0.5) is 11.4 Å². The van der Waals surface area contributed by atoms with Crippen LogP contribution in [0.25, 0.3) is 11.1 Å². The average molecular weight is 466 g/mol. The summed E-state index contributed by atoms with van der Waals surface area (Å²) < 4.78 is 0. The van der Waals surface area contributed by atoms with Crippen LogP contribution in [0.1, 0.15) is 53.2 Å². The third kappa shape index (κ3) is 6.60. The number of anilines is 2. The predicted octanol–water partition coefficient (Wildman–Crippen LogP) is 7.65. The van der Waals surface area contributed by atoms with Crippen LogP contribution in [-0.2, 0) is 13.0 Å². The van der Waals surface area contributed by atoms with Gasteiger partial charge in [0.25, 0.3) is 0 Å². The number of benzene rings is 4. The van der Waals surface area contributed by atoms with E-state index in [0.29, 0.717) is 0 Å². The second-order valence-corrected chi connectivity index (χ2v) is 9.32. The van der Waals surface area contributed by atoms with Crippen molar-refractivity contribution in [2.24, 2.45) is 0 Å². The van der Waals surface area contributed by atoms with Crippen molar-refractivity contribution in [3.8, 4) is 11.1 Å². The first-order valence-corrected chi connectivity index (χ1v) is 12.4. The molecule has 3 nitrogen and oxygen atoms in total. The van der Waals surface area contributed by atoms with E-state index in [4.69, 9.17) is 0 Å². The van der Waals surface area contributed by atoms with Crippen molar-refractivity contribution in [2.75, 3.05) is 5.32 Å². The zero-order valence-electron chi connectivity index (χ0n) is 20.7. The van der Waals surface area contributed by atoms with Crippen LogP contribution in [-0.4, -0.2) is 10.2 Å². The molecule has 0 saturated heterocycles. The van der Waals surface area contributed by atoms with E-state index >= 15 is 0 Å². The summed E-state index contributed by atoms with van der Waals surface area (Å²) >= 11 is 0. The highest BCUT2D eigenvalue weighted by molar-refractivity contribution is 5.73. The van der Waals surface area contributed by atoms with Crippen LogP contribution in [0.3, 0.4) is 0 Å². The Morgan fingerprint density at radius 3 is 2.20 bits per heavy atom. The summed E-state index contributed by atoms with van der Waals surface area (Å²) in [6.07, 6.45) is 3.22. The predicted molar refractivity (Wildman–Crippen MR) is 146 cm³/mol. The number of hydrogen-bond donors (Lipinski definition) is 3. The zero-order chi connectivity index (χ0) is 24.6. The van der Waals surface area contributed by atoms with E-state index in [2.05, 4.69) is 79.0 Å². The highest BCUT2D eigenvalue weighted by Crippen LogP contribution is 2.28. The molecule has 0 aliphatic rings. The molecule has 0 aliphatic carbocycles. The normalized spacial score (nSPS) is 11.9. The molecule has 0 spiro atoms. The molecule has 3 N–H and O–H groups in total. The van der Waals surface area contributed by atoms with E-state index in [1.807, 2.05) is 31.2 Å². The molecule has 0 fully saturated rings. The molecule has 4 rings (SSSR count). The highest BCUT2D eigenvalue weighted by Gasteiger charge is 2.09. The van der Waals surface area contributed by atoms with E-state index in [1.165, 1.54) is 22.3 Å². The van der Waals surface area contributed by atoms with Gasteiger partial charge in [0.2, 0.25) is 0 Å². The van der Waals surface area contributed by atoms with E-state index < -0.39 is 6.10 Å². The number of aliphatic hydroxyl groups excluding tert-OH is 2. The number of aryl methyl sites for hydroxylation is 3. The molecule has 0 radical (unpaired) electrons. The first-order valence-electron chi connectivity index (χ1n) is 12.4. The molecule has 4 aromatic rings. The van der Waals surface area contributed by atoms with Gasteiger partial charge in [-0.2, -0.15) is 0 Å². The van der Waals surface area contributed by atoms with E-state index in [-0.39, 0.29) is 6.61 Å². The quantitative estimate of drug-likeness (QED) is 0.211. The number of rotatable bonds is 10. The largest absolute Gasteiger partial charge is 0.392 e. The van der Waals surface area contributed by atoms with Crippen molar-refractivity contribution >= 4 is 11.4 Å². The molecule has 35 heavy (non-hydrogen) atoms. The van der Waals surface area contributed by atoms with Gasteiger partial charge in [0, 0.05) is 11.4 Å². The summed E-state index contributed by atoms with van der Waals surface area (Å²) in [6.45, 7) is 4.13. The van der Waals surface area contributed by atoms with Crippen molar-refractivity contribution < 1.29 is 10.2 Å². The summed E-state index contributed by atoms with van der Waals surface area (Å²) in [6, 6.07) is 31.5. The maximum absolute atomic E-state index is 10.5. The lowest BCUT2D eigenvalue weighted by Crippen LogP contribution is -2.00. The van der Waals surface area contributed by atoms with Crippen LogP contribution >= 0.6 is 0 Å². The minimum atomic E-state index is -0.484. The second-order valence-electron chi connectivity index (χ2n) is 9.32. The number of hydrogen-bond acceptors (Lipinski definition) is 3. The van der Waals surface area contributed by atoms with Gasteiger partial charge < -0.3 is 15.5 Å². The van der Waals surface area contributed by atoms with Crippen LogP contribution in [0.5, 0.6) is 0 Å². The monoisotopic (exact) mass is 465 g/mol. The Bertz CT molecular complexity index is 1230. The second kappa shape index (κ2) is 11.8. The number of nitrogens with one attached hydrogen (secondary N) is 1. The Balaban J connectivity index is 1.28. The van der Waals surface area contributed by atoms with Gasteiger partial charge in [0.05, 0.1) is 12.7 Å². The smallest absolute Gasteiger partial charge is 0.0790 e. The minimum Gasteiger partial charge on any atom is -0.392 e. The average Bonchev–Trinajstić information content (AvgIpc) is 2.89. The molecule has 180 valence electrons. The summed E-state index contributed by atoms with van der Waals surface area (Å²) in [7, 11) is 0. The van der Waals surface area contributed by atoms with Crippen molar-refractivity contribution in [3.05, 3.63) is 119 Å². The van der Waals surface area contributed by atoms with Crippen LogP contribution in [0.2, 0.25) is 0 Å². The molecule has 1 atom stereocenters. The van der Waals surface area contributed by atoms with Crippen molar-refractivity contribution in [1.82, 2.24) is 0 Å².